The fourth-order valence-electron chi connectivity index (χ4n) is 2.78. The molecule has 0 radical (unpaired) electrons. The maximum Gasteiger partial charge on any atom is 0.416 e. The molecule has 0 aliphatic carbocycles. The number of ether oxygens (including phenoxy) is 1. The molecule has 0 saturated carbocycles. The number of methoxy groups -OCH3 is 1. The molecule has 26 heavy (non-hydrogen) atoms. The van der Waals surface area contributed by atoms with E-state index in [1.165, 1.54) is 23.8 Å². The molecule has 2 heterocycles. The van der Waals surface area contributed by atoms with Crippen molar-refractivity contribution < 1.29 is 27.8 Å². The topological polar surface area (TPSA) is 76.7 Å². The van der Waals surface area contributed by atoms with Gasteiger partial charge < -0.3 is 9.84 Å². The summed E-state index contributed by atoms with van der Waals surface area (Å²) in [4.78, 5) is 15.5. The molecule has 3 aromatic rings. The van der Waals surface area contributed by atoms with Gasteiger partial charge in [0.15, 0.2) is 5.65 Å². The number of aromatic carboxylic acids is 1. The first-order valence-corrected chi connectivity index (χ1v) is 7.51. The second-order valence-electron chi connectivity index (χ2n) is 5.63. The first kappa shape index (κ1) is 17.9. The summed E-state index contributed by atoms with van der Waals surface area (Å²) >= 11 is 0. The Morgan fingerprint density at radius 1 is 1.35 bits per heavy atom. The fraction of sp³-hybridized carbons (Fsp3) is 0.235. The van der Waals surface area contributed by atoms with Crippen LogP contribution < -0.4 is 0 Å². The second kappa shape index (κ2) is 6.41. The van der Waals surface area contributed by atoms with Crippen LogP contribution in [0.3, 0.4) is 0 Å². The van der Waals surface area contributed by atoms with Crippen LogP contribution >= 0.6 is 0 Å². The molecule has 3 rings (SSSR count). The van der Waals surface area contributed by atoms with Crippen molar-refractivity contribution in [2.24, 2.45) is 0 Å². The highest BCUT2D eigenvalue weighted by molar-refractivity contribution is 5.90. The molecule has 0 atom stereocenters. The summed E-state index contributed by atoms with van der Waals surface area (Å²) in [7, 11) is 1.40. The van der Waals surface area contributed by atoms with Crippen LogP contribution in [0.1, 0.15) is 27.3 Å². The largest absolute Gasteiger partial charge is 0.478 e. The van der Waals surface area contributed by atoms with Crippen molar-refractivity contribution in [2.75, 3.05) is 7.11 Å². The van der Waals surface area contributed by atoms with Gasteiger partial charge in [-0.3, -0.25) is 0 Å². The Balaban J connectivity index is 2.27. The third kappa shape index (κ3) is 3.01. The molecule has 2 aromatic heterocycles. The zero-order valence-electron chi connectivity index (χ0n) is 13.8. The van der Waals surface area contributed by atoms with Gasteiger partial charge in [0.1, 0.15) is 5.56 Å². The molecule has 1 N–H and O–H groups in total. The van der Waals surface area contributed by atoms with Crippen LogP contribution in [0, 0.1) is 6.92 Å². The fourth-order valence-corrected chi connectivity index (χ4v) is 2.78. The Hall–Kier alpha value is -2.94. The molecule has 0 unspecified atom stereocenters. The number of carboxylic acids is 1. The standard InChI is InChI=1S/C17H14F3N3O3/c1-9-14(10-4-3-5-11(6-10)17(18,19)20)15-21-7-12(16(24)25)13(8-26-2)23(15)22-9/h3-7H,8H2,1-2H3,(H,24,25). The lowest BCUT2D eigenvalue weighted by atomic mass is 10.0. The summed E-state index contributed by atoms with van der Waals surface area (Å²) in [6.07, 6.45) is -3.32. The molecule has 0 amide bonds. The molecule has 0 fully saturated rings. The van der Waals surface area contributed by atoms with Crippen molar-refractivity contribution in [1.29, 1.82) is 0 Å². The number of alkyl halides is 3. The molecule has 0 aliphatic rings. The van der Waals surface area contributed by atoms with Crippen LogP contribution in [0.25, 0.3) is 16.8 Å². The molecule has 0 saturated heterocycles. The third-order valence-corrected chi connectivity index (χ3v) is 3.91. The van der Waals surface area contributed by atoms with Crippen LogP contribution in [0.5, 0.6) is 0 Å². The minimum Gasteiger partial charge on any atom is -0.478 e. The number of benzene rings is 1. The van der Waals surface area contributed by atoms with Gasteiger partial charge in [-0.2, -0.15) is 18.3 Å². The Bertz CT molecular complexity index is 996. The molecule has 6 nitrogen and oxygen atoms in total. The highest BCUT2D eigenvalue weighted by Gasteiger charge is 2.31. The normalized spacial score (nSPS) is 11.9. The summed E-state index contributed by atoms with van der Waals surface area (Å²) in [5, 5.41) is 13.6. The van der Waals surface area contributed by atoms with Gasteiger partial charge in [0.05, 0.1) is 23.6 Å². The summed E-state index contributed by atoms with van der Waals surface area (Å²) in [5.74, 6) is -1.19. The zero-order valence-corrected chi connectivity index (χ0v) is 13.8. The van der Waals surface area contributed by atoms with Gasteiger partial charge in [0.25, 0.3) is 0 Å². The van der Waals surface area contributed by atoms with Crippen molar-refractivity contribution in [2.45, 2.75) is 19.7 Å². The van der Waals surface area contributed by atoms with E-state index in [9.17, 15) is 23.1 Å². The number of fused-ring (bicyclic) bond motifs is 1. The predicted octanol–water partition coefficient (Wildman–Crippen LogP) is 3.57. The molecular weight excluding hydrogens is 351 g/mol. The lowest BCUT2D eigenvalue weighted by Gasteiger charge is -2.09. The van der Waals surface area contributed by atoms with Crippen LogP contribution in [0.15, 0.2) is 30.5 Å². The van der Waals surface area contributed by atoms with Gasteiger partial charge in [0.2, 0.25) is 0 Å². The second-order valence-corrected chi connectivity index (χ2v) is 5.63. The molecule has 9 heteroatoms. The van der Waals surface area contributed by atoms with Gasteiger partial charge in [-0.05, 0) is 24.6 Å². The highest BCUT2D eigenvalue weighted by atomic mass is 19.4. The minimum absolute atomic E-state index is 0.0379. The van der Waals surface area contributed by atoms with E-state index in [2.05, 4.69) is 10.1 Å². The van der Waals surface area contributed by atoms with Crippen LogP contribution in [0.4, 0.5) is 13.2 Å². The van der Waals surface area contributed by atoms with Gasteiger partial charge in [-0.1, -0.05) is 12.1 Å². The van der Waals surface area contributed by atoms with Crippen molar-refractivity contribution >= 4 is 11.6 Å². The molecule has 0 spiro atoms. The van der Waals surface area contributed by atoms with Crippen LogP contribution in [0.2, 0.25) is 0 Å². The van der Waals surface area contributed by atoms with E-state index in [1.807, 2.05) is 0 Å². The van der Waals surface area contributed by atoms with Crippen LogP contribution in [-0.4, -0.2) is 32.8 Å². The van der Waals surface area contributed by atoms with E-state index >= 15 is 0 Å². The van der Waals surface area contributed by atoms with E-state index < -0.39 is 17.7 Å². The average Bonchev–Trinajstić information content (AvgIpc) is 2.91. The van der Waals surface area contributed by atoms with E-state index in [0.29, 0.717) is 16.8 Å². The first-order chi connectivity index (χ1) is 12.2. The van der Waals surface area contributed by atoms with E-state index in [0.717, 1.165) is 18.3 Å². The van der Waals surface area contributed by atoms with Crippen molar-refractivity contribution in [3.63, 3.8) is 0 Å². The first-order valence-electron chi connectivity index (χ1n) is 7.51. The zero-order chi connectivity index (χ0) is 19.1. The summed E-state index contributed by atoms with van der Waals surface area (Å²) in [5.41, 5.74) is 0.782. The number of carboxylic acid groups (broad SMARTS) is 1. The van der Waals surface area contributed by atoms with E-state index in [1.54, 1.807) is 6.92 Å². The predicted molar refractivity (Wildman–Crippen MR) is 85.8 cm³/mol. The molecule has 1 aromatic carbocycles. The third-order valence-electron chi connectivity index (χ3n) is 3.91. The maximum absolute atomic E-state index is 13.0. The van der Waals surface area contributed by atoms with Crippen LogP contribution in [-0.2, 0) is 17.5 Å². The number of carbonyl (C=O) groups is 1. The monoisotopic (exact) mass is 365 g/mol. The number of hydrogen-bond donors (Lipinski definition) is 1. The number of hydrogen-bond acceptors (Lipinski definition) is 4. The van der Waals surface area contributed by atoms with Gasteiger partial charge in [-0.25, -0.2) is 14.3 Å². The number of nitrogens with zero attached hydrogens (tertiary/aromatic N) is 3. The van der Waals surface area contributed by atoms with Crippen molar-refractivity contribution in [1.82, 2.24) is 14.6 Å². The van der Waals surface area contributed by atoms with E-state index in [4.69, 9.17) is 4.74 Å². The number of aromatic nitrogens is 3. The summed E-state index contributed by atoms with van der Waals surface area (Å²) in [6, 6.07) is 4.84. The smallest absolute Gasteiger partial charge is 0.416 e. The van der Waals surface area contributed by atoms with Crippen molar-refractivity contribution in [3.8, 4) is 11.1 Å². The molecule has 0 bridgehead atoms. The van der Waals surface area contributed by atoms with Gasteiger partial charge in [0, 0.05) is 18.9 Å². The quantitative estimate of drug-likeness (QED) is 0.765. The minimum atomic E-state index is -4.47. The number of halogens is 3. The number of aryl methyl sites for hydroxylation is 1. The Kier molecular flexibility index (Phi) is 4.41. The summed E-state index contributed by atoms with van der Waals surface area (Å²) < 4.78 is 45.4. The SMILES string of the molecule is COCc1c(C(=O)O)cnc2c(-c3cccc(C(F)(F)F)c3)c(C)nn12. The average molecular weight is 365 g/mol. The Labute approximate surface area is 145 Å². The molecule has 0 aliphatic heterocycles. The highest BCUT2D eigenvalue weighted by Crippen LogP contribution is 2.34. The summed E-state index contributed by atoms with van der Waals surface area (Å²) in [6.45, 7) is 1.59. The molecule has 136 valence electrons. The lowest BCUT2D eigenvalue weighted by Crippen LogP contribution is -2.11. The van der Waals surface area contributed by atoms with Gasteiger partial charge in [-0.15, -0.1) is 0 Å². The maximum atomic E-state index is 13.0. The Morgan fingerprint density at radius 3 is 2.69 bits per heavy atom. The van der Waals surface area contributed by atoms with E-state index in [-0.39, 0.29) is 23.5 Å². The lowest BCUT2D eigenvalue weighted by molar-refractivity contribution is -0.137. The van der Waals surface area contributed by atoms with Gasteiger partial charge >= 0.3 is 12.1 Å². The van der Waals surface area contributed by atoms with Crippen molar-refractivity contribution in [3.05, 3.63) is 53.0 Å². The molecular formula is C17H14F3N3O3. The Morgan fingerprint density at radius 2 is 2.08 bits per heavy atom. The number of rotatable bonds is 4.